The molecule has 6 aliphatic rings. The maximum atomic E-state index is 14.1. The summed E-state index contributed by atoms with van der Waals surface area (Å²) in [6, 6.07) is 0.605. The Bertz CT molecular complexity index is 899. The van der Waals surface area contributed by atoms with Gasteiger partial charge < -0.3 is 26.2 Å². The van der Waals surface area contributed by atoms with Crippen LogP contribution in [0.3, 0.4) is 0 Å². The first-order valence-electron chi connectivity index (χ1n) is 16.0. The minimum atomic E-state index is -0.109. The first-order valence-corrected chi connectivity index (χ1v) is 16.0. The van der Waals surface area contributed by atoms with Crippen LogP contribution in [0.5, 0.6) is 0 Å². The fourth-order valence-corrected chi connectivity index (χ4v) is 11.1. The fraction of sp³-hybridized carbons (Fsp3) is 0.938. The largest absolute Gasteiger partial charge is 1.00 e. The molecule has 0 spiro atoms. The van der Waals surface area contributed by atoms with Gasteiger partial charge >= 0.3 is 5.97 Å². The van der Waals surface area contributed by atoms with E-state index in [-0.39, 0.29) is 40.5 Å². The first kappa shape index (κ1) is 29.0. The van der Waals surface area contributed by atoms with Crippen LogP contribution in [0.15, 0.2) is 0 Å². The van der Waals surface area contributed by atoms with E-state index in [0.717, 1.165) is 36.8 Å². The van der Waals surface area contributed by atoms with E-state index < -0.39 is 0 Å². The van der Waals surface area contributed by atoms with E-state index in [4.69, 9.17) is 4.74 Å². The van der Waals surface area contributed by atoms with Crippen LogP contribution in [0.4, 0.5) is 0 Å². The van der Waals surface area contributed by atoms with Crippen molar-refractivity contribution in [2.24, 2.45) is 34.5 Å². The van der Waals surface area contributed by atoms with Gasteiger partial charge in [0.2, 0.25) is 0 Å². The van der Waals surface area contributed by atoms with E-state index in [0.29, 0.717) is 40.9 Å². The molecule has 4 aliphatic carbocycles. The lowest BCUT2D eigenvalue weighted by Crippen LogP contribution is -3.00. The third-order valence-electron chi connectivity index (χ3n) is 13.2. The molecule has 0 unspecified atom stereocenters. The number of carbonyl (C=O) groups excluding carboxylic acids is 2. The second-order valence-electron chi connectivity index (χ2n) is 15.0. The van der Waals surface area contributed by atoms with Crippen molar-refractivity contribution in [2.45, 2.75) is 122 Å². The van der Waals surface area contributed by atoms with Gasteiger partial charge in [-0.15, -0.1) is 0 Å². The summed E-state index contributed by atoms with van der Waals surface area (Å²) >= 11 is 0. The van der Waals surface area contributed by atoms with Crippen LogP contribution in [0.2, 0.25) is 0 Å². The minimum absolute atomic E-state index is 0. The van der Waals surface area contributed by atoms with E-state index in [9.17, 15) is 9.59 Å². The zero-order valence-electron chi connectivity index (χ0n) is 24.6. The Labute approximate surface area is 242 Å². The number of likely N-dealkylation sites (tertiary alicyclic amines) is 2. The molecule has 2 heterocycles. The van der Waals surface area contributed by atoms with Gasteiger partial charge in [0.15, 0.2) is 5.78 Å². The number of esters is 1. The summed E-state index contributed by atoms with van der Waals surface area (Å²) in [7, 11) is 2.40. The van der Waals surface area contributed by atoms with E-state index in [1.54, 1.807) is 6.92 Å². The highest BCUT2D eigenvalue weighted by Crippen LogP contribution is 2.66. The van der Waals surface area contributed by atoms with Crippen LogP contribution >= 0.6 is 0 Å². The lowest BCUT2D eigenvalue weighted by molar-refractivity contribution is -0.928. The standard InChI is InChI=1S/C32H53N2O3.BrH/c1-22(35)37-29-19-23-11-12-24-25(32(23,3)21-27(29)33-15-7-5-8-16-33)13-14-31(2)26(24)20-28(30(31)36)34(4)17-9-6-10-18-34;/h23-29H,5-21H2,1-4H3;1H/q+1;/p-1/t23-,24+,25-,26-,27-,28-,29-,31-,32-;/m1./s1. The average molecular weight is 594 g/mol. The van der Waals surface area contributed by atoms with Crippen molar-refractivity contribution in [1.29, 1.82) is 0 Å². The molecular formula is C32H53BrN2O3. The first-order chi connectivity index (χ1) is 17.7. The molecule has 0 aromatic rings. The minimum Gasteiger partial charge on any atom is -1.00 e. The second-order valence-corrected chi connectivity index (χ2v) is 15.0. The van der Waals surface area contributed by atoms with Crippen molar-refractivity contribution in [3.8, 4) is 0 Å². The predicted octanol–water partition coefficient (Wildman–Crippen LogP) is 2.61. The van der Waals surface area contributed by atoms with Crippen LogP contribution in [0.1, 0.15) is 104 Å². The summed E-state index contributed by atoms with van der Waals surface area (Å²) in [4.78, 5) is 28.9. The molecule has 2 aliphatic heterocycles. The maximum absolute atomic E-state index is 14.1. The Morgan fingerprint density at radius 3 is 2.32 bits per heavy atom. The number of likely N-dealkylation sites (N-methyl/N-ethyl adjacent to an activating group) is 1. The summed E-state index contributed by atoms with van der Waals surface area (Å²) in [5.41, 5.74) is 0.197. The lowest BCUT2D eigenvalue weighted by Gasteiger charge is -2.62. The number of hydrogen-bond donors (Lipinski definition) is 0. The quantitative estimate of drug-likeness (QED) is 0.373. The van der Waals surface area contributed by atoms with E-state index in [2.05, 4.69) is 25.8 Å². The van der Waals surface area contributed by atoms with Crippen LogP contribution in [-0.2, 0) is 14.3 Å². The molecule has 0 aromatic carbocycles. The van der Waals surface area contributed by atoms with Crippen molar-refractivity contribution in [3.05, 3.63) is 0 Å². The van der Waals surface area contributed by atoms with Crippen LogP contribution in [0.25, 0.3) is 0 Å². The molecular weight excluding hydrogens is 540 g/mol. The smallest absolute Gasteiger partial charge is 0.302 e. The zero-order valence-corrected chi connectivity index (χ0v) is 26.1. The Balaban J connectivity index is 0.00000294. The molecule has 0 bridgehead atoms. The number of ether oxygens (including phenoxy) is 1. The van der Waals surface area contributed by atoms with E-state index >= 15 is 0 Å². The molecule has 6 rings (SSSR count). The number of carbonyl (C=O) groups is 2. The van der Waals surface area contributed by atoms with Gasteiger partial charge in [-0.3, -0.25) is 14.5 Å². The summed E-state index contributed by atoms with van der Waals surface area (Å²) in [6.07, 6.45) is 16.0. The summed E-state index contributed by atoms with van der Waals surface area (Å²) in [5.74, 6) is 3.13. The zero-order chi connectivity index (χ0) is 26.0. The topological polar surface area (TPSA) is 46.6 Å². The Kier molecular flexibility index (Phi) is 8.21. The maximum Gasteiger partial charge on any atom is 0.302 e. The molecule has 0 N–H and O–H groups in total. The molecule has 0 aromatic heterocycles. The number of ketones is 1. The van der Waals surface area contributed by atoms with Crippen molar-refractivity contribution in [2.75, 3.05) is 33.2 Å². The lowest BCUT2D eigenvalue weighted by atomic mass is 9.44. The number of fused-ring (bicyclic) bond motifs is 5. The van der Waals surface area contributed by atoms with Crippen LogP contribution in [-0.4, -0.2) is 72.5 Å². The van der Waals surface area contributed by atoms with Crippen molar-refractivity contribution >= 4 is 11.8 Å². The highest BCUT2D eigenvalue weighted by molar-refractivity contribution is 5.91. The second kappa shape index (κ2) is 10.7. The molecule has 6 heteroatoms. The fourth-order valence-electron chi connectivity index (χ4n) is 11.1. The predicted molar refractivity (Wildman–Crippen MR) is 146 cm³/mol. The average Bonchev–Trinajstić information content (AvgIpc) is 3.16. The highest BCUT2D eigenvalue weighted by atomic mass is 79.9. The molecule has 5 nitrogen and oxygen atoms in total. The number of hydrogen-bond acceptors (Lipinski definition) is 4. The number of Topliss-reactive ketones (excluding diaryl/α,β-unsaturated/α-hetero) is 1. The van der Waals surface area contributed by atoms with Gasteiger partial charge in [-0.05, 0) is 113 Å². The molecule has 4 saturated carbocycles. The normalized spacial score (nSPS) is 46.7. The SMILES string of the molecule is CC(=O)O[C@@H]1C[C@H]2CC[C@H]3[C@@H](CC[C@@]4(C)C(=O)[C@H]([N+]5(C)CCCCC5)C[C@H]34)[C@]2(C)C[C@H]1N1CCCCC1.[Br-]. The summed E-state index contributed by atoms with van der Waals surface area (Å²) in [6.45, 7) is 11.3. The number of piperidine rings is 2. The molecule has 6 fully saturated rings. The molecule has 0 radical (unpaired) electrons. The number of halogens is 1. The van der Waals surface area contributed by atoms with Crippen molar-refractivity contribution in [3.63, 3.8) is 0 Å². The monoisotopic (exact) mass is 592 g/mol. The van der Waals surface area contributed by atoms with E-state index in [1.165, 1.54) is 77.3 Å². The Morgan fingerprint density at radius 2 is 1.63 bits per heavy atom. The highest BCUT2D eigenvalue weighted by Gasteiger charge is 2.66. The number of rotatable bonds is 3. The van der Waals surface area contributed by atoms with Gasteiger partial charge in [0, 0.05) is 24.8 Å². The molecule has 2 saturated heterocycles. The summed E-state index contributed by atoms with van der Waals surface area (Å²) < 4.78 is 7.07. The number of quaternary nitrogens is 1. The molecule has 9 atom stereocenters. The molecule has 0 amide bonds. The third-order valence-corrected chi connectivity index (χ3v) is 13.2. The van der Waals surface area contributed by atoms with Gasteiger partial charge in [-0.25, -0.2) is 0 Å². The molecule has 216 valence electrons. The van der Waals surface area contributed by atoms with Crippen molar-refractivity contribution < 1.29 is 35.8 Å². The molecule has 38 heavy (non-hydrogen) atoms. The number of nitrogens with zero attached hydrogens (tertiary/aromatic N) is 2. The van der Waals surface area contributed by atoms with Gasteiger partial charge in [-0.1, -0.05) is 20.3 Å². The summed E-state index contributed by atoms with van der Waals surface area (Å²) in [5, 5.41) is 0. The van der Waals surface area contributed by atoms with Crippen LogP contribution in [0, 0.1) is 34.5 Å². The van der Waals surface area contributed by atoms with Gasteiger partial charge in [0.05, 0.1) is 20.1 Å². The van der Waals surface area contributed by atoms with Gasteiger partial charge in [-0.2, -0.15) is 0 Å². The Hall–Kier alpha value is -0.460. The third kappa shape index (κ3) is 4.65. The Morgan fingerprint density at radius 1 is 0.947 bits per heavy atom. The van der Waals surface area contributed by atoms with Crippen LogP contribution < -0.4 is 17.0 Å². The van der Waals surface area contributed by atoms with Crippen molar-refractivity contribution in [1.82, 2.24) is 4.90 Å². The van der Waals surface area contributed by atoms with E-state index in [1.807, 2.05) is 0 Å². The van der Waals surface area contributed by atoms with Gasteiger partial charge in [0.1, 0.15) is 12.1 Å². The van der Waals surface area contributed by atoms with Gasteiger partial charge in [0.25, 0.3) is 0 Å².